The van der Waals surface area contributed by atoms with Crippen LogP contribution in [-0.2, 0) is 6.42 Å². The molecule has 2 aliphatic carbocycles. The summed E-state index contributed by atoms with van der Waals surface area (Å²) < 4.78 is 11.8. The second-order valence-electron chi connectivity index (χ2n) is 12.8. The van der Waals surface area contributed by atoms with Gasteiger partial charge in [-0.05, 0) is 72.4 Å². The SMILES string of the molecule is CC1C=CC=CC1n1c2ccccc2c2cc(-c3cc4c5ccccc5oc4c4c3c3c(n4-c4ccccc4)CCC=C3)ccc21. The predicted octanol–water partition coefficient (Wildman–Crippen LogP) is 11.6. The summed E-state index contributed by atoms with van der Waals surface area (Å²) in [6.45, 7) is 2.31. The number of para-hydroxylation sites is 3. The Hall–Kier alpha value is -5.54. The normalized spacial score (nSPS) is 17.7. The summed E-state index contributed by atoms with van der Waals surface area (Å²) in [5.41, 5.74) is 11.9. The van der Waals surface area contributed by atoms with E-state index in [0.717, 1.165) is 40.3 Å². The van der Waals surface area contributed by atoms with Crippen LogP contribution in [-0.4, -0.2) is 9.13 Å². The minimum Gasteiger partial charge on any atom is -0.454 e. The number of allylic oxidation sites excluding steroid dienone is 5. The van der Waals surface area contributed by atoms with Gasteiger partial charge in [0.05, 0.1) is 11.6 Å². The van der Waals surface area contributed by atoms with Crippen LogP contribution >= 0.6 is 0 Å². The molecule has 10 rings (SSSR count). The van der Waals surface area contributed by atoms with Gasteiger partial charge in [-0.2, -0.15) is 0 Å². The second-order valence-corrected chi connectivity index (χ2v) is 12.8. The van der Waals surface area contributed by atoms with E-state index in [2.05, 4.69) is 156 Å². The molecule has 3 heterocycles. The molecule has 0 saturated carbocycles. The molecule has 2 aliphatic rings. The molecule has 2 unspecified atom stereocenters. The van der Waals surface area contributed by atoms with E-state index in [9.17, 15) is 0 Å². The second kappa shape index (κ2) is 9.73. The molecule has 0 radical (unpaired) electrons. The number of furan rings is 1. The number of fused-ring (bicyclic) bond motifs is 10. The van der Waals surface area contributed by atoms with Gasteiger partial charge in [0.1, 0.15) is 5.58 Å². The van der Waals surface area contributed by atoms with E-state index in [1.165, 1.54) is 55.3 Å². The molecular weight excluding hydrogens is 560 g/mol. The topological polar surface area (TPSA) is 23.0 Å². The first kappa shape index (κ1) is 25.8. The van der Waals surface area contributed by atoms with E-state index >= 15 is 0 Å². The number of nitrogens with zero attached hydrogens (tertiary/aromatic N) is 2. The molecule has 2 atom stereocenters. The first-order valence-electron chi connectivity index (χ1n) is 16.4. The molecule has 220 valence electrons. The van der Waals surface area contributed by atoms with Crippen molar-refractivity contribution in [1.82, 2.24) is 9.13 Å². The zero-order chi connectivity index (χ0) is 30.4. The molecule has 46 heavy (non-hydrogen) atoms. The number of aromatic nitrogens is 2. The Kier molecular flexibility index (Phi) is 5.45. The maximum atomic E-state index is 6.74. The molecule has 8 aromatic rings. The fraction of sp³-hybridized carbons (Fsp3) is 0.116. The summed E-state index contributed by atoms with van der Waals surface area (Å²) in [4.78, 5) is 0. The Balaban J connectivity index is 1.33. The van der Waals surface area contributed by atoms with Crippen molar-refractivity contribution in [1.29, 1.82) is 0 Å². The molecule has 0 N–H and O–H groups in total. The molecule has 3 nitrogen and oxygen atoms in total. The van der Waals surface area contributed by atoms with Gasteiger partial charge < -0.3 is 13.6 Å². The minimum absolute atomic E-state index is 0.274. The predicted molar refractivity (Wildman–Crippen MR) is 193 cm³/mol. The van der Waals surface area contributed by atoms with Crippen molar-refractivity contribution in [3.8, 4) is 16.8 Å². The molecule has 0 bridgehead atoms. The van der Waals surface area contributed by atoms with Crippen LogP contribution in [0.1, 0.15) is 30.6 Å². The third kappa shape index (κ3) is 3.54. The maximum absolute atomic E-state index is 6.74. The summed E-state index contributed by atoms with van der Waals surface area (Å²) in [6.07, 6.45) is 15.7. The van der Waals surface area contributed by atoms with Gasteiger partial charge in [0, 0.05) is 54.9 Å². The van der Waals surface area contributed by atoms with Gasteiger partial charge >= 0.3 is 0 Å². The summed E-state index contributed by atoms with van der Waals surface area (Å²) in [5, 5.41) is 6.16. The number of rotatable bonds is 3. The molecule has 0 spiro atoms. The molecule has 0 saturated heterocycles. The van der Waals surface area contributed by atoms with Gasteiger partial charge in [0.2, 0.25) is 0 Å². The minimum atomic E-state index is 0.274. The average Bonchev–Trinajstić information content (AvgIpc) is 3.76. The van der Waals surface area contributed by atoms with Crippen molar-refractivity contribution >= 4 is 60.7 Å². The van der Waals surface area contributed by atoms with Crippen molar-refractivity contribution in [3.63, 3.8) is 0 Å². The van der Waals surface area contributed by atoms with Gasteiger partial charge in [0.25, 0.3) is 0 Å². The molecule has 0 aliphatic heterocycles. The highest BCUT2D eigenvalue weighted by atomic mass is 16.3. The average molecular weight is 593 g/mol. The Morgan fingerprint density at radius 1 is 0.717 bits per heavy atom. The maximum Gasteiger partial charge on any atom is 0.160 e. The number of hydrogen-bond acceptors (Lipinski definition) is 1. The standard InChI is InChI=1S/C43H32N2O/c1-27-13-5-9-19-36(27)45-37-20-10-6-16-30(37)34-25-28(23-24-39(34)45)33-26-35-31-17-8-12-22-40(31)46-43(35)42-41(33)32-18-7-11-21-38(32)44(42)29-14-3-2-4-15-29/h2-10,12-20,22-27,36H,11,21H2,1H3. The Bertz CT molecular complexity index is 2600. The highest BCUT2D eigenvalue weighted by Crippen LogP contribution is 2.47. The lowest BCUT2D eigenvalue weighted by Crippen LogP contribution is -2.15. The van der Waals surface area contributed by atoms with Gasteiger partial charge in [-0.1, -0.05) is 104 Å². The largest absolute Gasteiger partial charge is 0.454 e. The molecule has 0 amide bonds. The molecule has 3 aromatic heterocycles. The zero-order valence-corrected chi connectivity index (χ0v) is 25.7. The van der Waals surface area contributed by atoms with Crippen LogP contribution in [0.3, 0.4) is 0 Å². The fourth-order valence-corrected chi connectivity index (χ4v) is 8.18. The van der Waals surface area contributed by atoms with Gasteiger partial charge in [-0.25, -0.2) is 0 Å². The van der Waals surface area contributed by atoms with Crippen molar-refractivity contribution < 1.29 is 4.42 Å². The van der Waals surface area contributed by atoms with Crippen molar-refractivity contribution in [2.24, 2.45) is 5.92 Å². The van der Waals surface area contributed by atoms with E-state index in [1.807, 2.05) is 0 Å². The monoisotopic (exact) mass is 592 g/mol. The summed E-state index contributed by atoms with van der Waals surface area (Å²) in [6, 6.07) is 37.9. The van der Waals surface area contributed by atoms with E-state index < -0.39 is 0 Å². The van der Waals surface area contributed by atoms with Crippen molar-refractivity contribution in [2.45, 2.75) is 25.8 Å². The van der Waals surface area contributed by atoms with E-state index in [0.29, 0.717) is 5.92 Å². The van der Waals surface area contributed by atoms with E-state index in [1.54, 1.807) is 0 Å². The van der Waals surface area contributed by atoms with Crippen LogP contribution in [0.5, 0.6) is 0 Å². The lowest BCUT2D eigenvalue weighted by molar-refractivity contribution is 0.510. The Morgan fingerprint density at radius 3 is 2.39 bits per heavy atom. The molecule has 3 heteroatoms. The first-order chi connectivity index (χ1) is 22.8. The summed E-state index contributed by atoms with van der Waals surface area (Å²) >= 11 is 0. The van der Waals surface area contributed by atoms with Crippen LogP contribution in [0, 0.1) is 5.92 Å². The lowest BCUT2D eigenvalue weighted by Gasteiger charge is -2.24. The lowest BCUT2D eigenvalue weighted by atomic mass is 9.93. The quantitative estimate of drug-likeness (QED) is 0.200. The highest BCUT2D eigenvalue weighted by Gasteiger charge is 2.27. The first-order valence-corrected chi connectivity index (χ1v) is 16.4. The molecule has 5 aromatic carbocycles. The van der Waals surface area contributed by atoms with Crippen LogP contribution < -0.4 is 0 Å². The van der Waals surface area contributed by atoms with Crippen LogP contribution in [0.15, 0.2) is 138 Å². The summed E-state index contributed by atoms with van der Waals surface area (Å²) in [5.74, 6) is 0.413. The highest BCUT2D eigenvalue weighted by molar-refractivity contribution is 6.21. The fourth-order valence-electron chi connectivity index (χ4n) is 8.18. The Morgan fingerprint density at radius 2 is 1.50 bits per heavy atom. The number of benzene rings is 5. The Labute approximate surface area is 267 Å². The van der Waals surface area contributed by atoms with Crippen molar-refractivity contribution in [2.75, 3.05) is 0 Å². The third-order valence-electron chi connectivity index (χ3n) is 10.3. The summed E-state index contributed by atoms with van der Waals surface area (Å²) in [7, 11) is 0. The van der Waals surface area contributed by atoms with Crippen LogP contribution in [0.4, 0.5) is 0 Å². The molecular formula is C43H32N2O. The molecule has 0 fully saturated rings. The van der Waals surface area contributed by atoms with Crippen molar-refractivity contribution in [3.05, 3.63) is 145 Å². The van der Waals surface area contributed by atoms with Gasteiger partial charge in [-0.3, -0.25) is 0 Å². The van der Waals surface area contributed by atoms with E-state index in [-0.39, 0.29) is 6.04 Å². The van der Waals surface area contributed by atoms with Crippen LogP contribution in [0.2, 0.25) is 0 Å². The van der Waals surface area contributed by atoms with Crippen LogP contribution in [0.25, 0.3) is 77.5 Å². The zero-order valence-electron chi connectivity index (χ0n) is 25.7. The van der Waals surface area contributed by atoms with Gasteiger partial charge in [0.15, 0.2) is 5.58 Å². The van der Waals surface area contributed by atoms with E-state index in [4.69, 9.17) is 4.42 Å². The number of hydrogen-bond donors (Lipinski definition) is 0. The van der Waals surface area contributed by atoms with Gasteiger partial charge in [-0.15, -0.1) is 0 Å². The smallest absolute Gasteiger partial charge is 0.160 e. The third-order valence-corrected chi connectivity index (χ3v) is 10.3.